The number of carbonyl (C=O) groups excluding carboxylic acids is 2. The maximum atomic E-state index is 11.9. The van der Waals surface area contributed by atoms with Gasteiger partial charge < -0.3 is 10.6 Å². The molecule has 0 aliphatic carbocycles. The van der Waals surface area contributed by atoms with Gasteiger partial charge in [0.15, 0.2) is 0 Å². The molecule has 1 aromatic rings. The normalized spacial score (nSPS) is 15.9. The first-order chi connectivity index (χ1) is 8.17. The Hall–Kier alpha value is -1.88. The van der Waals surface area contributed by atoms with E-state index in [0.29, 0.717) is 18.8 Å². The van der Waals surface area contributed by atoms with Crippen molar-refractivity contribution >= 4 is 17.6 Å². The summed E-state index contributed by atoms with van der Waals surface area (Å²) in [6, 6.07) is 6.92. The van der Waals surface area contributed by atoms with Crippen LogP contribution in [0.5, 0.6) is 0 Å². The van der Waals surface area contributed by atoms with E-state index in [-0.39, 0.29) is 18.5 Å². The van der Waals surface area contributed by atoms with Crippen LogP contribution in [0.15, 0.2) is 24.3 Å². The molecule has 1 aliphatic rings. The number of nitrogens with two attached hydrogens (primary N) is 1. The van der Waals surface area contributed by atoms with Crippen molar-refractivity contribution in [3.63, 3.8) is 0 Å². The first-order valence-corrected chi connectivity index (χ1v) is 5.58. The standard InChI is InChI=1S/C12H15N3O2/c1-2-14-8-11(16)15(12(14)17)10-5-3-4-9(6-10)7-13/h3-6H,2,7-8,13H2,1H3. The third-order valence-electron chi connectivity index (χ3n) is 2.82. The van der Waals surface area contributed by atoms with Crippen LogP contribution >= 0.6 is 0 Å². The zero-order valence-corrected chi connectivity index (χ0v) is 9.72. The molecule has 0 radical (unpaired) electrons. The second kappa shape index (κ2) is 4.55. The van der Waals surface area contributed by atoms with E-state index in [0.717, 1.165) is 5.56 Å². The SMILES string of the molecule is CCN1CC(=O)N(c2cccc(CN)c2)C1=O. The van der Waals surface area contributed by atoms with E-state index >= 15 is 0 Å². The Morgan fingerprint density at radius 1 is 1.35 bits per heavy atom. The Labute approximate surface area is 99.8 Å². The van der Waals surface area contributed by atoms with Crippen LogP contribution in [-0.2, 0) is 11.3 Å². The lowest BCUT2D eigenvalue weighted by molar-refractivity contribution is -0.116. The molecule has 0 atom stereocenters. The van der Waals surface area contributed by atoms with Crippen molar-refractivity contribution in [1.29, 1.82) is 0 Å². The second-order valence-electron chi connectivity index (χ2n) is 3.90. The van der Waals surface area contributed by atoms with E-state index in [1.54, 1.807) is 18.2 Å². The average molecular weight is 233 g/mol. The third-order valence-corrected chi connectivity index (χ3v) is 2.82. The van der Waals surface area contributed by atoms with Crippen molar-refractivity contribution < 1.29 is 9.59 Å². The zero-order valence-electron chi connectivity index (χ0n) is 9.72. The molecule has 90 valence electrons. The molecule has 0 spiro atoms. The summed E-state index contributed by atoms with van der Waals surface area (Å²) >= 11 is 0. The van der Waals surface area contributed by atoms with E-state index in [2.05, 4.69) is 0 Å². The summed E-state index contributed by atoms with van der Waals surface area (Å²) in [5.74, 6) is -0.189. The topological polar surface area (TPSA) is 66.6 Å². The monoisotopic (exact) mass is 233 g/mol. The second-order valence-corrected chi connectivity index (χ2v) is 3.90. The van der Waals surface area contributed by atoms with Gasteiger partial charge in [0.05, 0.1) is 5.69 Å². The van der Waals surface area contributed by atoms with E-state index in [4.69, 9.17) is 5.73 Å². The quantitative estimate of drug-likeness (QED) is 0.790. The van der Waals surface area contributed by atoms with Gasteiger partial charge in [-0.2, -0.15) is 0 Å². The molecule has 0 saturated carbocycles. The van der Waals surface area contributed by atoms with Crippen molar-refractivity contribution in [3.05, 3.63) is 29.8 Å². The van der Waals surface area contributed by atoms with Crippen LogP contribution in [0, 0.1) is 0 Å². The number of anilines is 1. The van der Waals surface area contributed by atoms with Crippen molar-refractivity contribution in [2.45, 2.75) is 13.5 Å². The van der Waals surface area contributed by atoms with Gasteiger partial charge in [0, 0.05) is 13.1 Å². The smallest absolute Gasteiger partial charge is 0.326 e. The lowest BCUT2D eigenvalue weighted by Gasteiger charge is -2.16. The molecule has 1 saturated heterocycles. The van der Waals surface area contributed by atoms with E-state index < -0.39 is 0 Å². The molecular formula is C12H15N3O2. The highest BCUT2D eigenvalue weighted by molar-refractivity contribution is 6.19. The Kier molecular flexibility index (Phi) is 3.10. The van der Waals surface area contributed by atoms with Crippen molar-refractivity contribution in [1.82, 2.24) is 4.90 Å². The van der Waals surface area contributed by atoms with Gasteiger partial charge in [0.2, 0.25) is 0 Å². The Bertz CT molecular complexity index is 459. The van der Waals surface area contributed by atoms with Crippen LogP contribution in [-0.4, -0.2) is 29.9 Å². The zero-order chi connectivity index (χ0) is 12.4. The number of benzene rings is 1. The molecule has 2 rings (SSSR count). The molecule has 1 aromatic carbocycles. The van der Waals surface area contributed by atoms with Crippen molar-refractivity contribution in [2.24, 2.45) is 5.73 Å². The van der Waals surface area contributed by atoms with Gasteiger partial charge >= 0.3 is 6.03 Å². The number of urea groups is 1. The molecule has 17 heavy (non-hydrogen) atoms. The molecule has 5 nitrogen and oxygen atoms in total. The number of hydrogen-bond donors (Lipinski definition) is 1. The van der Waals surface area contributed by atoms with Gasteiger partial charge in [0.1, 0.15) is 6.54 Å². The van der Waals surface area contributed by atoms with Crippen LogP contribution in [0.1, 0.15) is 12.5 Å². The summed E-state index contributed by atoms with van der Waals surface area (Å²) in [5, 5.41) is 0. The lowest BCUT2D eigenvalue weighted by atomic mass is 10.2. The highest BCUT2D eigenvalue weighted by Crippen LogP contribution is 2.22. The fourth-order valence-corrected chi connectivity index (χ4v) is 1.87. The highest BCUT2D eigenvalue weighted by Gasteiger charge is 2.35. The molecule has 0 unspecified atom stereocenters. The van der Waals surface area contributed by atoms with Gasteiger partial charge in [-0.1, -0.05) is 12.1 Å². The molecule has 3 amide bonds. The molecule has 0 aromatic heterocycles. The van der Waals surface area contributed by atoms with Gasteiger partial charge in [-0.15, -0.1) is 0 Å². The molecule has 2 N–H and O–H groups in total. The van der Waals surface area contributed by atoms with Crippen LogP contribution in [0.2, 0.25) is 0 Å². The largest absolute Gasteiger partial charge is 0.331 e. The van der Waals surface area contributed by atoms with E-state index in [9.17, 15) is 9.59 Å². The van der Waals surface area contributed by atoms with E-state index in [1.807, 2.05) is 13.0 Å². The van der Waals surface area contributed by atoms with Crippen LogP contribution < -0.4 is 10.6 Å². The summed E-state index contributed by atoms with van der Waals surface area (Å²) in [6.45, 7) is 2.94. The van der Waals surface area contributed by atoms with Crippen molar-refractivity contribution in [2.75, 3.05) is 18.0 Å². The molecule has 1 heterocycles. The minimum absolute atomic E-state index is 0.155. The Morgan fingerprint density at radius 3 is 2.71 bits per heavy atom. The van der Waals surface area contributed by atoms with Gasteiger partial charge in [-0.3, -0.25) is 4.79 Å². The minimum Gasteiger partial charge on any atom is -0.326 e. The number of nitrogens with zero attached hydrogens (tertiary/aromatic N) is 2. The van der Waals surface area contributed by atoms with Gasteiger partial charge in [-0.05, 0) is 24.6 Å². The predicted molar refractivity (Wildman–Crippen MR) is 64.5 cm³/mol. The maximum Gasteiger partial charge on any atom is 0.331 e. The number of carbonyl (C=O) groups is 2. The molecule has 1 aliphatic heterocycles. The first kappa shape index (κ1) is 11.6. The summed E-state index contributed by atoms with van der Waals surface area (Å²) < 4.78 is 0. The van der Waals surface area contributed by atoms with Gasteiger partial charge in [-0.25, -0.2) is 9.69 Å². The fourth-order valence-electron chi connectivity index (χ4n) is 1.87. The Balaban J connectivity index is 2.33. The van der Waals surface area contributed by atoms with Gasteiger partial charge in [0.25, 0.3) is 5.91 Å². The highest BCUT2D eigenvalue weighted by atomic mass is 16.2. The molecule has 0 bridgehead atoms. The van der Waals surface area contributed by atoms with Crippen LogP contribution in [0.25, 0.3) is 0 Å². The number of rotatable bonds is 3. The lowest BCUT2D eigenvalue weighted by Crippen LogP contribution is -2.32. The number of imide groups is 1. The maximum absolute atomic E-state index is 11.9. The minimum atomic E-state index is -0.258. The van der Waals surface area contributed by atoms with Crippen LogP contribution in [0.4, 0.5) is 10.5 Å². The average Bonchev–Trinajstić information content (AvgIpc) is 2.64. The number of likely N-dealkylation sites (N-methyl/N-ethyl adjacent to an activating group) is 1. The summed E-state index contributed by atoms with van der Waals surface area (Å²) in [7, 11) is 0. The number of amides is 3. The summed E-state index contributed by atoms with van der Waals surface area (Å²) in [5.41, 5.74) is 7.04. The molecular weight excluding hydrogens is 218 g/mol. The first-order valence-electron chi connectivity index (χ1n) is 5.58. The van der Waals surface area contributed by atoms with Crippen molar-refractivity contribution in [3.8, 4) is 0 Å². The third kappa shape index (κ3) is 2.01. The predicted octanol–water partition coefficient (Wildman–Crippen LogP) is 0.934. The fraction of sp³-hybridized carbons (Fsp3) is 0.333. The van der Waals surface area contributed by atoms with E-state index in [1.165, 1.54) is 9.80 Å². The summed E-state index contributed by atoms with van der Waals surface area (Å²) in [6.07, 6.45) is 0. The number of hydrogen-bond acceptors (Lipinski definition) is 3. The Morgan fingerprint density at radius 2 is 2.12 bits per heavy atom. The van der Waals surface area contributed by atoms with Crippen LogP contribution in [0.3, 0.4) is 0 Å². The molecule has 1 fully saturated rings. The molecule has 5 heteroatoms. The summed E-state index contributed by atoms with van der Waals surface area (Å²) in [4.78, 5) is 26.5.